The van der Waals surface area contributed by atoms with Crippen LogP contribution in [0.1, 0.15) is 23.2 Å². The van der Waals surface area contributed by atoms with E-state index in [4.69, 9.17) is 5.73 Å². The highest BCUT2D eigenvalue weighted by Gasteiger charge is 2.32. The van der Waals surface area contributed by atoms with Crippen molar-refractivity contribution in [2.75, 3.05) is 12.8 Å². The lowest BCUT2D eigenvalue weighted by atomic mass is 10.0. The lowest BCUT2D eigenvalue weighted by Crippen LogP contribution is -2.52. The molecule has 2 rings (SSSR count). The van der Waals surface area contributed by atoms with Crippen molar-refractivity contribution in [2.45, 2.75) is 18.9 Å². The molecule has 0 aliphatic carbocycles. The summed E-state index contributed by atoms with van der Waals surface area (Å²) < 4.78 is 13.2. The molecule has 1 aliphatic rings. The van der Waals surface area contributed by atoms with Crippen LogP contribution in [0.25, 0.3) is 0 Å². The number of carbonyl (C=O) groups excluding carboxylic acids is 3. The van der Waals surface area contributed by atoms with E-state index in [2.05, 4.69) is 5.32 Å². The third-order valence-electron chi connectivity index (χ3n) is 3.14. The zero-order chi connectivity index (χ0) is 14.9. The van der Waals surface area contributed by atoms with Gasteiger partial charge in [-0.1, -0.05) is 0 Å². The molecule has 0 saturated carbocycles. The Morgan fingerprint density at radius 2 is 2.10 bits per heavy atom. The zero-order valence-electron chi connectivity index (χ0n) is 10.9. The number of anilines is 1. The second kappa shape index (κ2) is 5.28. The molecule has 0 spiro atoms. The second-order valence-electron chi connectivity index (χ2n) is 4.63. The highest BCUT2D eigenvalue weighted by atomic mass is 19.1. The zero-order valence-corrected chi connectivity index (χ0v) is 10.9. The van der Waals surface area contributed by atoms with Crippen LogP contribution < -0.4 is 11.1 Å². The number of rotatable bonds is 2. The van der Waals surface area contributed by atoms with Gasteiger partial charge in [-0.2, -0.15) is 0 Å². The normalized spacial score (nSPS) is 19.1. The van der Waals surface area contributed by atoms with Crippen LogP contribution in [0.2, 0.25) is 0 Å². The van der Waals surface area contributed by atoms with E-state index in [1.807, 2.05) is 0 Å². The second-order valence-corrected chi connectivity index (χ2v) is 4.63. The lowest BCUT2D eigenvalue weighted by Gasteiger charge is -2.28. The van der Waals surface area contributed by atoms with Gasteiger partial charge in [0.1, 0.15) is 11.9 Å². The number of likely N-dealkylation sites (tertiary alicyclic amines) is 1. The third kappa shape index (κ3) is 2.76. The number of amides is 3. The van der Waals surface area contributed by atoms with Gasteiger partial charge in [0.05, 0.1) is 0 Å². The Bertz CT molecular complexity index is 568. The van der Waals surface area contributed by atoms with E-state index in [-0.39, 0.29) is 30.0 Å². The molecule has 1 unspecified atom stereocenters. The molecule has 0 aromatic heterocycles. The monoisotopic (exact) mass is 279 g/mol. The van der Waals surface area contributed by atoms with Crippen molar-refractivity contribution in [1.82, 2.24) is 10.2 Å². The highest BCUT2D eigenvalue weighted by molar-refractivity contribution is 6.03. The van der Waals surface area contributed by atoms with Gasteiger partial charge >= 0.3 is 0 Å². The van der Waals surface area contributed by atoms with Crippen molar-refractivity contribution < 1.29 is 18.8 Å². The smallest absolute Gasteiger partial charge is 0.252 e. The number of nitrogens with two attached hydrogens (primary N) is 1. The third-order valence-corrected chi connectivity index (χ3v) is 3.14. The molecule has 0 radical (unpaired) electrons. The first-order valence-electron chi connectivity index (χ1n) is 6.06. The van der Waals surface area contributed by atoms with Gasteiger partial charge in [0.2, 0.25) is 5.91 Å². The topological polar surface area (TPSA) is 92.5 Å². The van der Waals surface area contributed by atoms with Crippen LogP contribution in [0.5, 0.6) is 0 Å². The molecule has 3 amide bonds. The number of hydrogen-bond donors (Lipinski definition) is 2. The van der Waals surface area contributed by atoms with Crippen LogP contribution in [0, 0.1) is 5.82 Å². The van der Waals surface area contributed by atoms with Crippen LogP contribution >= 0.6 is 0 Å². The lowest BCUT2D eigenvalue weighted by molar-refractivity contribution is -0.147. The SMILES string of the molecule is CN1C(=O)CCC(NC(=O)c2cc(N)cc(F)c2)C1=O. The molecule has 1 aromatic rings. The largest absolute Gasteiger partial charge is 0.399 e. The fourth-order valence-electron chi connectivity index (χ4n) is 2.03. The van der Waals surface area contributed by atoms with E-state index in [1.54, 1.807) is 0 Å². The Labute approximate surface area is 114 Å². The summed E-state index contributed by atoms with van der Waals surface area (Å²) in [5.74, 6) is -1.98. The number of nitrogens with zero attached hydrogens (tertiary/aromatic N) is 1. The van der Waals surface area contributed by atoms with Gasteiger partial charge in [-0.25, -0.2) is 4.39 Å². The minimum atomic E-state index is -0.783. The summed E-state index contributed by atoms with van der Waals surface area (Å²) in [5.41, 5.74) is 5.62. The maximum absolute atomic E-state index is 13.2. The average molecular weight is 279 g/mol. The summed E-state index contributed by atoms with van der Waals surface area (Å²) in [6, 6.07) is 2.67. The molecule has 20 heavy (non-hydrogen) atoms. The van der Waals surface area contributed by atoms with Crippen LogP contribution in [-0.4, -0.2) is 35.7 Å². The van der Waals surface area contributed by atoms with Crippen molar-refractivity contribution in [1.29, 1.82) is 0 Å². The maximum atomic E-state index is 13.2. The van der Waals surface area contributed by atoms with Crippen LogP contribution in [0.3, 0.4) is 0 Å². The van der Waals surface area contributed by atoms with Crippen molar-refractivity contribution in [3.63, 3.8) is 0 Å². The Morgan fingerprint density at radius 1 is 1.40 bits per heavy atom. The molecular formula is C13H14FN3O3. The van der Waals surface area contributed by atoms with Crippen molar-refractivity contribution in [2.24, 2.45) is 0 Å². The number of carbonyl (C=O) groups is 3. The Balaban J connectivity index is 2.11. The minimum Gasteiger partial charge on any atom is -0.399 e. The number of benzene rings is 1. The number of hydrogen-bond acceptors (Lipinski definition) is 4. The Morgan fingerprint density at radius 3 is 2.75 bits per heavy atom. The maximum Gasteiger partial charge on any atom is 0.252 e. The predicted octanol–water partition coefficient (Wildman–Crippen LogP) is 0.285. The van der Waals surface area contributed by atoms with Gasteiger partial charge < -0.3 is 11.1 Å². The highest BCUT2D eigenvalue weighted by Crippen LogP contribution is 2.14. The summed E-state index contributed by atoms with van der Waals surface area (Å²) in [4.78, 5) is 36.1. The molecule has 1 heterocycles. The molecule has 7 heteroatoms. The van der Waals surface area contributed by atoms with Crippen LogP contribution in [0.4, 0.5) is 10.1 Å². The number of imide groups is 1. The molecule has 6 nitrogen and oxygen atoms in total. The van der Waals surface area contributed by atoms with E-state index in [1.165, 1.54) is 13.1 Å². The first-order chi connectivity index (χ1) is 9.38. The number of halogens is 1. The van der Waals surface area contributed by atoms with Gasteiger partial charge in [0.25, 0.3) is 11.8 Å². The minimum absolute atomic E-state index is 0.0369. The molecule has 1 aromatic carbocycles. The van der Waals surface area contributed by atoms with E-state index in [9.17, 15) is 18.8 Å². The van der Waals surface area contributed by atoms with Crippen molar-refractivity contribution in [3.8, 4) is 0 Å². The first kappa shape index (κ1) is 14.0. The number of likely N-dealkylation sites (N-methyl/N-ethyl adjacent to an activating group) is 1. The number of nitrogen functional groups attached to an aromatic ring is 1. The molecule has 1 fully saturated rings. The standard InChI is InChI=1S/C13H14FN3O3/c1-17-11(18)3-2-10(13(17)20)16-12(19)7-4-8(14)6-9(15)5-7/h4-6,10H,2-3,15H2,1H3,(H,16,19). The number of nitrogens with one attached hydrogen (secondary N) is 1. The summed E-state index contributed by atoms with van der Waals surface area (Å²) in [6.45, 7) is 0. The Hall–Kier alpha value is -2.44. The quantitative estimate of drug-likeness (QED) is 0.601. The fourth-order valence-corrected chi connectivity index (χ4v) is 2.03. The van der Waals surface area contributed by atoms with E-state index >= 15 is 0 Å². The van der Waals surface area contributed by atoms with E-state index in [0.29, 0.717) is 0 Å². The summed E-state index contributed by atoms with van der Waals surface area (Å²) >= 11 is 0. The molecular weight excluding hydrogens is 265 g/mol. The van der Waals surface area contributed by atoms with Gasteiger partial charge in [-0.05, 0) is 24.6 Å². The van der Waals surface area contributed by atoms with Crippen molar-refractivity contribution >= 4 is 23.4 Å². The predicted molar refractivity (Wildman–Crippen MR) is 69.1 cm³/mol. The molecule has 1 atom stereocenters. The average Bonchev–Trinajstić information content (AvgIpc) is 2.38. The molecule has 106 valence electrons. The van der Waals surface area contributed by atoms with Gasteiger partial charge in [0, 0.05) is 24.7 Å². The summed E-state index contributed by atoms with van der Waals surface area (Å²) in [6.07, 6.45) is 0.414. The molecule has 3 N–H and O–H groups in total. The summed E-state index contributed by atoms with van der Waals surface area (Å²) in [7, 11) is 1.36. The molecule has 0 bridgehead atoms. The van der Waals surface area contributed by atoms with Gasteiger partial charge in [-0.3, -0.25) is 19.3 Å². The molecule has 1 aliphatic heterocycles. The van der Waals surface area contributed by atoms with E-state index < -0.39 is 23.7 Å². The van der Waals surface area contributed by atoms with Crippen LogP contribution in [0.15, 0.2) is 18.2 Å². The van der Waals surface area contributed by atoms with E-state index in [0.717, 1.165) is 17.0 Å². The fraction of sp³-hybridized carbons (Fsp3) is 0.308. The Kier molecular flexibility index (Phi) is 3.69. The van der Waals surface area contributed by atoms with Crippen LogP contribution in [-0.2, 0) is 9.59 Å². The summed E-state index contributed by atoms with van der Waals surface area (Å²) in [5, 5.41) is 2.49. The molecule has 1 saturated heterocycles. The van der Waals surface area contributed by atoms with Crippen molar-refractivity contribution in [3.05, 3.63) is 29.6 Å². The first-order valence-corrected chi connectivity index (χ1v) is 6.06. The number of piperidine rings is 1. The van der Waals surface area contributed by atoms with Gasteiger partial charge in [0.15, 0.2) is 0 Å². The van der Waals surface area contributed by atoms with Gasteiger partial charge in [-0.15, -0.1) is 0 Å².